The Morgan fingerprint density at radius 2 is 1.67 bits per heavy atom. The van der Waals surface area contributed by atoms with Crippen LogP contribution in [-0.2, 0) is 61.9 Å². The number of aliphatic hydroxyl groups is 4. The minimum atomic E-state index is -2.01. The number of carbonyl (C=O) groups is 5. The number of allylic oxidation sites excluding steroid dienone is 3. The lowest BCUT2D eigenvalue weighted by Gasteiger charge is -2.53. The zero-order valence-corrected chi connectivity index (χ0v) is 38.9. The van der Waals surface area contributed by atoms with Crippen LogP contribution in [0.4, 0.5) is 0 Å². The van der Waals surface area contributed by atoms with Crippen molar-refractivity contribution in [2.24, 2.45) is 16.7 Å². The van der Waals surface area contributed by atoms with Crippen molar-refractivity contribution in [3.05, 3.63) is 48.1 Å². The van der Waals surface area contributed by atoms with Crippen molar-refractivity contribution in [3.8, 4) is 0 Å². The number of cyclic esters (lactones) is 1. The van der Waals surface area contributed by atoms with E-state index in [1.165, 1.54) is 40.2 Å². The highest BCUT2D eigenvalue weighted by Gasteiger charge is 2.58. The number of methoxy groups -OCH3 is 2. The average Bonchev–Trinajstić information content (AvgIpc) is 3.19. The largest absolute Gasteiger partial charge is 0.469 e. The van der Waals surface area contributed by atoms with Crippen molar-refractivity contribution in [3.63, 3.8) is 0 Å². The molecule has 4 N–H and O–H groups in total. The van der Waals surface area contributed by atoms with Crippen LogP contribution in [0.3, 0.4) is 0 Å². The van der Waals surface area contributed by atoms with E-state index in [1.54, 1.807) is 52.0 Å². The Morgan fingerprint density at radius 3 is 2.31 bits per heavy atom. The van der Waals surface area contributed by atoms with Gasteiger partial charge in [0.2, 0.25) is 0 Å². The Hall–Kier alpha value is -3.97. The van der Waals surface area contributed by atoms with Crippen LogP contribution in [0.1, 0.15) is 119 Å². The van der Waals surface area contributed by atoms with Crippen LogP contribution in [0.25, 0.3) is 0 Å². The maximum Gasteiger partial charge on any atom is 0.330 e. The molecule has 3 heterocycles. The van der Waals surface area contributed by atoms with E-state index in [4.69, 9.17) is 37.9 Å². The maximum absolute atomic E-state index is 13.4. The van der Waals surface area contributed by atoms with Gasteiger partial charge in [0.05, 0.1) is 75.7 Å². The average molecular weight is 909 g/mol. The molecule has 3 rings (SSSR count). The zero-order chi connectivity index (χ0) is 47.8. The molecule has 0 aromatic heterocycles. The topological polar surface area (TPSA) is 240 Å². The molecule has 2 fully saturated rings. The Labute approximate surface area is 377 Å². The SMILES string of the molecule is CCC/C=C/C=C/C(=O)OCC(CC(=O)OC)C[C@H]1C[C@H]([C@@H](C)O)OC(=O)C[C@H](O)C[C@@H]2C[C@H](OC(C)=O)C(C)(C)[C@](O)(C[C@@H]3C/C(=C/C(=O)OC)C[C@H](/C=C/C(C)(C)[C@H](O)O1)O3)O2. The second-order valence-electron chi connectivity index (χ2n) is 18.3. The molecular weight excluding hydrogens is 836 g/mol. The summed E-state index contributed by atoms with van der Waals surface area (Å²) >= 11 is 0. The van der Waals surface area contributed by atoms with Gasteiger partial charge in [-0.25, -0.2) is 9.59 Å². The van der Waals surface area contributed by atoms with E-state index >= 15 is 0 Å². The summed E-state index contributed by atoms with van der Waals surface area (Å²) in [6.45, 7) is 11.2. The highest BCUT2D eigenvalue weighted by atomic mass is 16.6. The van der Waals surface area contributed by atoms with Crippen LogP contribution >= 0.6 is 0 Å². The number of hydrogen-bond acceptors (Lipinski definition) is 17. The lowest BCUT2D eigenvalue weighted by atomic mass is 9.70. The first-order valence-electron chi connectivity index (χ1n) is 22.2. The highest BCUT2D eigenvalue weighted by Crippen LogP contribution is 2.49. The van der Waals surface area contributed by atoms with Gasteiger partial charge in [-0.15, -0.1) is 0 Å². The summed E-state index contributed by atoms with van der Waals surface area (Å²) in [5, 5.41) is 46.3. The van der Waals surface area contributed by atoms with Crippen LogP contribution in [0, 0.1) is 16.7 Å². The standard InChI is InChI=1S/C47H72O17/c1-10-11-12-13-14-15-40(51)59-28-32(22-42(53)58-9)20-35-25-38(29(2)48)63-43(54)24-33(50)23-36-26-39(60-30(3)49)46(6,7)47(56,64-36)27-37-19-31(21-41(52)57-8)18-34(61-37)16-17-45(4,5)44(55)62-35/h12-17,21,29,32-39,44,48,50,55-56H,10-11,18-20,22-28H2,1-9H3/b13-12+,15-14+,17-16+,31-21+/t29-,32?,33-,34+,35+,36-,37+,38-,39+,44-,47+/m1/s1. The molecule has 3 aliphatic rings. The van der Waals surface area contributed by atoms with Gasteiger partial charge >= 0.3 is 29.8 Å². The van der Waals surface area contributed by atoms with Crippen LogP contribution in [0.2, 0.25) is 0 Å². The van der Waals surface area contributed by atoms with E-state index in [1.807, 2.05) is 13.0 Å². The Bertz CT molecular complexity index is 1680. The normalized spacial score (nSPS) is 32.5. The van der Waals surface area contributed by atoms with Gasteiger partial charge in [-0.1, -0.05) is 77.0 Å². The molecule has 2 saturated heterocycles. The molecule has 0 amide bonds. The lowest BCUT2D eigenvalue weighted by molar-refractivity contribution is -0.348. The first kappa shape index (κ1) is 54.4. The highest BCUT2D eigenvalue weighted by molar-refractivity contribution is 5.83. The summed E-state index contributed by atoms with van der Waals surface area (Å²) in [6.07, 6.45) is 2.48. The van der Waals surface area contributed by atoms with E-state index in [-0.39, 0.29) is 58.0 Å². The van der Waals surface area contributed by atoms with Gasteiger partial charge < -0.3 is 58.3 Å². The predicted octanol–water partition coefficient (Wildman–Crippen LogP) is 4.61. The number of unbranched alkanes of at least 4 members (excludes halogenated alkanes) is 1. The predicted molar refractivity (Wildman–Crippen MR) is 230 cm³/mol. The van der Waals surface area contributed by atoms with Crippen molar-refractivity contribution in [1.29, 1.82) is 0 Å². The third-order valence-corrected chi connectivity index (χ3v) is 11.9. The number of hydrogen-bond donors (Lipinski definition) is 4. The van der Waals surface area contributed by atoms with Gasteiger partial charge in [0.25, 0.3) is 0 Å². The number of aliphatic hydroxyl groups excluding tert-OH is 3. The summed E-state index contributed by atoms with van der Waals surface area (Å²) in [4.78, 5) is 63.5. The van der Waals surface area contributed by atoms with Gasteiger partial charge in [-0.05, 0) is 32.6 Å². The quantitative estimate of drug-likeness (QED) is 0.0649. The molecule has 0 saturated carbocycles. The summed E-state index contributed by atoms with van der Waals surface area (Å²) in [6, 6.07) is 0. The fourth-order valence-corrected chi connectivity index (χ4v) is 8.00. The second-order valence-corrected chi connectivity index (χ2v) is 18.3. The summed E-state index contributed by atoms with van der Waals surface area (Å²) in [7, 11) is 2.48. The Morgan fingerprint density at radius 1 is 0.953 bits per heavy atom. The number of fused-ring (bicyclic) bond motifs is 4. The molecule has 362 valence electrons. The second kappa shape index (κ2) is 25.1. The molecule has 17 nitrogen and oxygen atoms in total. The van der Waals surface area contributed by atoms with Gasteiger partial charge in [-0.3, -0.25) is 14.4 Å². The molecular formula is C47H72O17. The minimum Gasteiger partial charge on any atom is -0.469 e. The Balaban J connectivity index is 2.07. The van der Waals surface area contributed by atoms with E-state index in [0.29, 0.717) is 5.57 Å². The first-order valence-corrected chi connectivity index (χ1v) is 22.2. The summed E-state index contributed by atoms with van der Waals surface area (Å²) in [5.41, 5.74) is -1.71. The molecule has 0 aromatic rings. The molecule has 17 heteroatoms. The minimum absolute atomic E-state index is 0.0282. The van der Waals surface area contributed by atoms with Crippen molar-refractivity contribution in [2.75, 3.05) is 20.8 Å². The molecule has 11 atom stereocenters. The molecule has 0 radical (unpaired) electrons. The third-order valence-electron chi connectivity index (χ3n) is 11.9. The Kier molecular flexibility index (Phi) is 21.3. The smallest absolute Gasteiger partial charge is 0.330 e. The number of ether oxygens (including phenoxy) is 8. The molecule has 0 spiro atoms. The van der Waals surface area contributed by atoms with E-state index in [9.17, 15) is 44.4 Å². The molecule has 3 aliphatic heterocycles. The van der Waals surface area contributed by atoms with Crippen molar-refractivity contribution in [1.82, 2.24) is 0 Å². The van der Waals surface area contributed by atoms with Crippen LogP contribution in [0.5, 0.6) is 0 Å². The van der Waals surface area contributed by atoms with E-state index in [0.717, 1.165) is 12.8 Å². The fourth-order valence-electron chi connectivity index (χ4n) is 8.00. The number of esters is 5. The molecule has 1 unspecified atom stereocenters. The molecule has 4 bridgehead atoms. The van der Waals surface area contributed by atoms with E-state index in [2.05, 4.69) is 0 Å². The van der Waals surface area contributed by atoms with Crippen LogP contribution in [-0.4, -0.2) is 132 Å². The third kappa shape index (κ3) is 17.1. The first-order chi connectivity index (χ1) is 30.0. The molecule has 0 aromatic carbocycles. The fraction of sp³-hybridized carbons (Fsp3) is 0.723. The van der Waals surface area contributed by atoms with Crippen molar-refractivity contribution >= 4 is 29.8 Å². The van der Waals surface area contributed by atoms with Gasteiger partial charge in [0.1, 0.15) is 12.2 Å². The van der Waals surface area contributed by atoms with Crippen molar-refractivity contribution in [2.45, 2.75) is 180 Å². The molecule has 64 heavy (non-hydrogen) atoms. The van der Waals surface area contributed by atoms with Crippen molar-refractivity contribution < 1.29 is 82.3 Å². The maximum atomic E-state index is 13.4. The van der Waals surface area contributed by atoms with Crippen LogP contribution < -0.4 is 0 Å². The van der Waals surface area contributed by atoms with Gasteiger partial charge in [-0.2, -0.15) is 0 Å². The van der Waals surface area contributed by atoms with E-state index < -0.39 is 114 Å². The summed E-state index contributed by atoms with van der Waals surface area (Å²) < 4.78 is 45.9. The number of rotatable bonds is 13. The van der Waals surface area contributed by atoms with Gasteiger partial charge in [0, 0.05) is 56.1 Å². The lowest BCUT2D eigenvalue weighted by Crippen LogP contribution is -2.62. The van der Waals surface area contributed by atoms with Crippen LogP contribution in [0.15, 0.2) is 48.1 Å². The molecule has 0 aliphatic carbocycles. The van der Waals surface area contributed by atoms with Gasteiger partial charge in [0.15, 0.2) is 12.1 Å². The monoisotopic (exact) mass is 908 g/mol. The summed E-state index contributed by atoms with van der Waals surface area (Å²) in [5.74, 6) is -6.04. The zero-order valence-electron chi connectivity index (χ0n) is 38.9. The number of carbonyl (C=O) groups excluding carboxylic acids is 5.